The first-order valence-electron chi connectivity index (χ1n) is 6.93. The number of aliphatic hydroxyl groups excluding tert-OH is 2. The summed E-state index contributed by atoms with van der Waals surface area (Å²) in [5.41, 5.74) is 5.98. The van der Waals surface area contributed by atoms with Gasteiger partial charge in [-0.05, 0) is 0 Å². The molecule has 14 heteroatoms. The molecule has 1 heterocycles. The molecule has 0 aromatic heterocycles. The van der Waals surface area contributed by atoms with Gasteiger partial charge in [-0.15, -0.1) is 0 Å². The Balaban J connectivity index is 3.76. The van der Waals surface area contributed by atoms with Crippen molar-refractivity contribution in [2.24, 2.45) is 10.7 Å². The van der Waals surface area contributed by atoms with Crippen molar-refractivity contribution >= 4 is 5.96 Å². The van der Waals surface area contributed by atoms with Gasteiger partial charge in [0.1, 0.15) is 13.5 Å². The fraction of sp³-hybridized carbons (Fsp3) is 0.909. The van der Waals surface area contributed by atoms with E-state index in [4.69, 9.17) is 34.6 Å². The summed E-state index contributed by atoms with van der Waals surface area (Å²) in [5, 5.41) is 23.1. The SMILES string of the molecule is CON(CO)C1(OC)N=C(N)N(OC)C(OC)(N(CO)OC)N1OC. The van der Waals surface area contributed by atoms with Crippen LogP contribution in [-0.2, 0) is 28.8 Å². The van der Waals surface area contributed by atoms with Crippen LogP contribution in [0.4, 0.5) is 0 Å². The van der Waals surface area contributed by atoms with Gasteiger partial charge in [-0.1, -0.05) is 15.2 Å². The number of aliphatic imine (C=N–C) groups is 1. The molecule has 0 radical (unpaired) electrons. The van der Waals surface area contributed by atoms with Crippen LogP contribution in [0.3, 0.4) is 0 Å². The highest BCUT2D eigenvalue weighted by Gasteiger charge is 2.66. The highest BCUT2D eigenvalue weighted by atomic mass is 16.9. The lowest BCUT2D eigenvalue weighted by atomic mass is 10.4. The van der Waals surface area contributed by atoms with E-state index in [2.05, 4.69) is 4.99 Å². The fourth-order valence-corrected chi connectivity index (χ4v) is 2.51. The van der Waals surface area contributed by atoms with E-state index in [1.807, 2.05) is 0 Å². The van der Waals surface area contributed by atoms with E-state index in [0.717, 1.165) is 20.3 Å². The highest BCUT2D eigenvalue weighted by molar-refractivity contribution is 5.78. The van der Waals surface area contributed by atoms with Crippen LogP contribution in [0.1, 0.15) is 0 Å². The number of nitrogens with zero attached hydrogens (tertiary/aromatic N) is 5. The summed E-state index contributed by atoms with van der Waals surface area (Å²) in [6, 6.07) is 0. The summed E-state index contributed by atoms with van der Waals surface area (Å²) >= 11 is 0. The molecule has 0 aromatic rings. The van der Waals surface area contributed by atoms with Crippen molar-refractivity contribution in [2.75, 3.05) is 56.1 Å². The minimum atomic E-state index is -1.97. The lowest BCUT2D eigenvalue weighted by Crippen LogP contribution is -2.82. The largest absolute Gasteiger partial charge is 0.379 e. The predicted molar refractivity (Wildman–Crippen MR) is 80.7 cm³/mol. The van der Waals surface area contributed by atoms with Crippen LogP contribution < -0.4 is 5.73 Å². The molecule has 14 nitrogen and oxygen atoms in total. The van der Waals surface area contributed by atoms with Gasteiger partial charge in [0, 0.05) is 14.2 Å². The number of hydrogen-bond acceptors (Lipinski definition) is 14. The molecule has 1 rings (SSSR count). The second kappa shape index (κ2) is 8.97. The molecule has 0 fully saturated rings. The third kappa shape index (κ3) is 3.18. The number of rotatable bonds is 10. The number of methoxy groups -OCH3 is 2. The minimum Gasteiger partial charge on any atom is -0.379 e. The van der Waals surface area contributed by atoms with Gasteiger partial charge < -0.3 is 25.4 Å². The van der Waals surface area contributed by atoms with Crippen molar-refractivity contribution in [1.29, 1.82) is 0 Å². The first-order valence-corrected chi connectivity index (χ1v) is 6.93. The Hall–Kier alpha value is -1.17. The Labute approximate surface area is 145 Å². The van der Waals surface area contributed by atoms with Crippen LogP contribution in [0, 0.1) is 0 Å². The molecule has 0 amide bonds. The Kier molecular flexibility index (Phi) is 7.85. The van der Waals surface area contributed by atoms with Crippen LogP contribution in [0.5, 0.6) is 0 Å². The second-order valence-corrected chi connectivity index (χ2v) is 4.38. The normalized spacial score (nSPS) is 28.1. The van der Waals surface area contributed by atoms with Crippen LogP contribution >= 0.6 is 0 Å². The van der Waals surface area contributed by atoms with Crippen molar-refractivity contribution in [3.8, 4) is 0 Å². The van der Waals surface area contributed by atoms with Gasteiger partial charge in [-0.3, -0.25) is 19.4 Å². The standard InChI is InChI=1S/C11H26N6O8/c1-20-10(14(7-18)22-3)13-9(12)16(24-5)11(21-2,17(10)25-6)15(8-19)23-4/h18-19H,7-8H2,1-6H3,(H2,12,13). The van der Waals surface area contributed by atoms with E-state index in [1.165, 1.54) is 42.7 Å². The number of nitrogens with two attached hydrogens (primary N) is 1. The van der Waals surface area contributed by atoms with Gasteiger partial charge in [-0.25, -0.2) is 0 Å². The molecule has 25 heavy (non-hydrogen) atoms. The summed E-state index contributed by atoms with van der Waals surface area (Å²) in [6.07, 6.45) is 0. The number of guanidine groups is 1. The predicted octanol–water partition coefficient (Wildman–Crippen LogP) is -2.82. The topological polar surface area (TPSA) is 147 Å². The molecule has 0 spiro atoms. The van der Waals surface area contributed by atoms with Crippen LogP contribution in [0.25, 0.3) is 0 Å². The van der Waals surface area contributed by atoms with Gasteiger partial charge in [-0.2, -0.15) is 10.1 Å². The van der Waals surface area contributed by atoms with Crippen LogP contribution in [0.2, 0.25) is 0 Å². The summed E-state index contributed by atoms with van der Waals surface area (Å²) in [5.74, 6) is -4.20. The minimum absolute atomic E-state index is 0.259. The van der Waals surface area contributed by atoms with Gasteiger partial charge in [0.15, 0.2) is 0 Å². The molecule has 2 unspecified atom stereocenters. The number of hydrogen-bond donors (Lipinski definition) is 3. The second-order valence-electron chi connectivity index (χ2n) is 4.38. The van der Waals surface area contributed by atoms with Crippen molar-refractivity contribution in [1.82, 2.24) is 20.3 Å². The molecule has 0 aromatic carbocycles. The third-order valence-electron chi connectivity index (χ3n) is 3.52. The Morgan fingerprint density at radius 2 is 1.52 bits per heavy atom. The van der Waals surface area contributed by atoms with Crippen molar-refractivity contribution in [3.63, 3.8) is 0 Å². The third-order valence-corrected chi connectivity index (χ3v) is 3.52. The quantitative estimate of drug-likeness (QED) is 0.268. The monoisotopic (exact) mass is 370 g/mol. The first-order chi connectivity index (χ1) is 11.9. The molecule has 148 valence electrons. The zero-order valence-corrected chi connectivity index (χ0v) is 15.1. The molecule has 0 bridgehead atoms. The average Bonchev–Trinajstić information content (AvgIpc) is 2.63. The molecule has 1 aliphatic rings. The molecule has 0 saturated carbocycles. The van der Waals surface area contributed by atoms with E-state index < -0.39 is 25.4 Å². The zero-order chi connectivity index (χ0) is 19.3. The Morgan fingerprint density at radius 1 is 0.960 bits per heavy atom. The van der Waals surface area contributed by atoms with Crippen molar-refractivity contribution < 1.29 is 39.0 Å². The van der Waals surface area contributed by atoms with Crippen molar-refractivity contribution in [3.05, 3.63) is 0 Å². The summed E-state index contributed by atoms with van der Waals surface area (Å²) in [7, 11) is 7.64. The van der Waals surface area contributed by atoms with Crippen LogP contribution in [0.15, 0.2) is 4.99 Å². The number of ether oxygens (including phenoxy) is 2. The van der Waals surface area contributed by atoms with Gasteiger partial charge in [0.2, 0.25) is 5.96 Å². The van der Waals surface area contributed by atoms with Gasteiger partial charge in [0.25, 0.3) is 0 Å². The van der Waals surface area contributed by atoms with E-state index in [0.29, 0.717) is 0 Å². The highest BCUT2D eigenvalue weighted by Crippen LogP contribution is 2.39. The summed E-state index contributed by atoms with van der Waals surface area (Å²) in [6.45, 7) is -1.34. The van der Waals surface area contributed by atoms with Gasteiger partial charge >= 0.3 is 11.9 Å². The smallest absolute Gasteiger partial charge is 0.342 e. The number of hydroxylamine groups is 8. The Bertz CT molecular complexity index is 450. The number of aliphatic hydroxyl groups is 2. The van der Waals surface area contributed by atoms with E-state index >= 15 is 0 Å². The molecular formula is C11H26N6O8. The summed E-state index contributed by atoms with van der Waals surface area (Å²) in [4.78, 5) is 25.0. The average molecular weight is 370 g/mol. The lowest BCUT2D eigenvalue weighted by molar-refractivity contribution is -0.563. The molecule has 4 N–H and O–H groups in total. The molecule has 1 aliphatic heterocycles. The molecular weight excluding hydrogens is 344 g/mol. The van der Waals surface area contributed by atoms with Crippen LogP contribution in [-0.4, -0.2) is 104 Å². The molecule has 0 saturated heterocycles. The first kappa shape index (κ1) is 21.9. The molecule has 2 atom stereocenters. The molecule has 0 aliphatic carbocycles. The van der Waals surface area contributed by atoms with E-state index in [1.54, 1.807) is 0 Å². The van der Waals surface area contributed by atoms with Gasteiger partial charge in [0.05, 0.1) is 28.4 Å². The van der Waals surface area contributed by atoms with Crippen molar-refractivity contribution in [2.45, 2.75) is 11.9 Å². The maximum Gasteiger partial charge on any atom is 0.342 e. The maximum absolute atomic E-state index is 9.72. The lowest BCUT2D eigenvalue weighted by Gasteiger charge is -2.57. The van der Waals surface area contributed by atoms with E-state index in [9.17, 15) is 10.2 Å². The fourth-order valence-electron chi connectivity index (χ4n) is 2.51. The maximum atomic E-state index is 9.72. The summed E-state index contributed by atoms with van der Waals surface area (Å²) < 4.78 is 11.0. The Morgan fingerprint density at radius 3 is 1.84 bits per heavy atom. The zero-order valence-electron chi connectivity index (χ0n) is 15.1. The van der Waals surface area contributed by atoms with E-state index in [-0.39, 0.29) is 5.96 Å².